The highest BCUT2D eigenvalue weighted by Gasteiger charge is 2.72. The maximum absolute atomic E-state index is 13.6. The van der Waals surface area contributed by atoms with Gasteiger partial charge < -0.3 is 14.3 Å². The number of allylic oxidation sites excluding steroid dienone is 1. The quantitative estimate of drug-likeness (QED) is 0.225. The van der Waals surface area contributed by atoms with Crippen LogP contribution in [0.3, 0.4) is 0 Å². The zero-order valence-corrected chi connectivity index (χ0v) is 33.0. The molecule has 6 saturated carbocycles. The molecule has 1 aromatic heterocycles. The van der Waals surface area contributed by atoms with Crippen LogP contribution in [0.1, 0.15) is 132 Å². The molecule has 7 nitrogen and oxygen atoms in total. The smallest absolute Gasteiger partial charge is 0.310 e. The summed E-state index contributed by atoms with van der Waals surface area (Å²) in [7, 11) is 0. The van der Waals surface area contributed by atoms with Gasteiger partial charge in [-0.05, 0) is 140 Å². The summed E-state index contributed by atoms with van der Waals surface area (Å²) in [6, 6.07) is 10.2. The number of aliphatic carboxylic acids is 1. The van der Waals surface area contributed by atoms with Crippen LogP contribution in [0.15, 0.2) is 46.9 Å². The van der Waals surface area contributed by atoms with Crippen LogP contribution in [0.2, 0.25) is 0 Å². The number of carbonyl (C=O) groups is 2. The van der Waals surface area contributed by atoms with Crippen molar-refractivity contribution >= 4 is 11.9 Å². The summed E-state index contributed by atoms with van der Waals surface area (Å²) in [4.78, 5) is 25.1. The van der Waals surface area contributed by atoms with Gasteiger partial charge in [0.15, 0.2) is 0 Å². The van der Waals surface area contributed by atoms with Crippen molar-refractivity contribution < 1.29 is 23.8 Å². The number of aromatic nitrogens is 2. The lowest BCUT2D eigenvalue weighted by atomic mass is 9.32. The normalized spacial score (nSPS) is 44.0. The summed E-state index contributed by atoms with van der Waals surface area (Å²) >= 11 is 0. The fourth-order valence-electron chi connectivity index (χ4n) is 14.8. The van der Waals surface area contributed by atoms with Gasteiger partial charge in [-0.1, -0.05) is 78.8 Å². The van der Waals surface area contributed by atoms with E-state index in [0.29, 0.717) is 35.5 Å². The second-order valence-corrected chi connectivity index (χ2v) is 20.4. The standard InChI is InChI=1S/C45H62N2O5/c1-26(2)28-17-22-45(39-47-46-37(52-39)27-13-11-10-12-14-27)24-23-43(8)29(35(28)45)15-16-32-42(7)20-19-33(41(5,6)31(42)18-21-44(32,43)9)51-38(50)36-30(25-34(48)49)40(36,3)4/h10-14,28-33,35-36H,1,15-25H2,2-9H3,(H,48,49)/t28-,29+,30+,31-,32+,33-,35+,36+,42-,43+,44+,45-/m0/s1. The van der Waals surface area contributed by atoms with Crippen LogP contribution in [0.25, 0.3) is 11.5 Å². The molecule has 1 N–H and O–H groups in total. The minimum Gasteiger partial charge on any atom is -0.481 e. The molecule has 282 valence electrons. The van der Waals surface area contributed by atoms with Crippen molar-refractivity contribution in [3.8, 4) is 11.5 Å². The maximum atomic E-state index is 13.6. The van der Waals surface area contributed by atoms with Crippen LogP contribution in [0, 0.1) is 68.5 Å². The zero-order chi connectivity index (χ0) is 37.2. The number of benzene rings is 1. The van der Waals surface area contributed by atoms with E-state index >= 15 is 0 Å². The van der Waals surface area contributed by atoms with Crippen molar-refractivity contribution in [3.05, 3.63) is 48.4 Å². The molecule has 0 spiro atoms. The van der Waals surface area contributed by atoms with E-state index in [9.17, 15) is 14.7 Å². The van der Waals surface area contributed by atoms with Crippen LogP contribution in [0.5, 0.6) is 0 Å². The Bertz CT molecular complexity index is 1760. The molecule has 0 saturated heterocycles. The third-order valence-electron chi connectivity index (χ3n) is 17.8. The highest BCUT2D eigenvalue weighted by molar-refractivity contribution is 5.80. The molecule has 7 heteroatoms. The molecule has 0 aliphatic heterocycles. The SMILES string of the molecule is C=C(C)[C@@H]1CC[C@]2(c3nnc(-c4ccccc4)o3)CC[C@]3(C)[C@H](CC[C@@H]4[C@@]5(C)CC[C@H](OC(=O)[C@H]6[C@@H](CC(=O)O)C6(C)C)C(C)(C)[C@@H]5CC[C@]43C)[C@@H]12. The summed E-state index contributed by atoms with van der Waals surface area (Å²) in [6.45, 7) is 23.5. The molecular formula is C45H62N2O5. The molecule has 0 bridgehead atoms. The van der Waals surface area contributed by atoms with E-state index in [1.165, 1.54) is 31.3 Å². The van der Waals surface area contributed by atoms with Gasteiger partial charge in [0.25, 0.3) is 0 Å². The summed E-state index contributed by atoms with van der Waals surface area (Å²) in [5.41, 5.74) is 2.24. The first-order valence-electron chi connectivity index (χ1n) is 20.4. The topological polar surface area (TPSA) is 103 Å². The highest BCUT2D eigenvalue weighted by atomic mass is 16.5. The Hall–Kier alpha value is -2.96. The molecule has 6 fully saturated rings. The highest BCUT2D eigenvalue weighted by Crippen LogP contribution is 2.78. The lowest BCUT2D eigenvalue weighted by molar-refractivity contribution is -0.246. The van der Waals surface area contributed by atoms with Crippen molar-refractivity contribution in [2.75, 3.05) is 0 Å². The minimum absolute atomic E-state index is 0.0281. The summed E-state index contributed by atoms with van der Waals surface area (Å²) in [5.74, 6) is 2.50. The number of carboxylic acids is 1. The van der Waals surface area contributed by atoms with Gasteiger partial charge >= 0.3 is 11.9 Å². The second-order valence-electron chi connectivity index (χ2n) is 20.4. The van der Waals surface area contributed by atoms with Crippen molar-refractivity contribution in [1.29, 1.82) is 0 Å². The Kier molecular flexibility index (Phi) is 8.16. The molecule has 52 heavy (non-hydrogen) atoms. The molecule has 8 rings (SSSR count). The third-order valence-corrected chi connectivity index (χ3v) is 17.8. The monoisotopic (exact) mass is 710 g/mol. The summed E-state index contributed by atoms with van der Waals surface area (Å²) < 4.78 is 13.1. The maximum Gasteiger partial charge on any atom is 0.310 e. The Balaban J connectivity index is 1.06. The molecule has 2 aromatic rings. The predicted molar refractivity (Wildman–Crippen MR) is 201 cm³/mol. The van der Waals surface area contributed by atoms with Crippen LogP contribution in [-0.4, -0.2) is 33.3 Å². The van der Waals surface area contributed by atoms with E-state index in [4.69, 9.17) is 14.3 Å². The number of ether oxygens (including phenoxy) is 1. The van der Waals surface area contributed by atoms with E-state index in [-0.39, 0.29) is 62.8 Å². The fraction of sp³-hybridized carbons (Fsp3) is 0.733. The van der Waals surface area contributed by atoms with Crippen molar-refractivity contribution in [3.63, 3.8) is 0 Å². The van der Waals surface area contributed by atoms with Crippen LogP contribution in [-0.2, 0) is 19.7 Å². The molecule has 0 radical (unpaired) electrons. The lowest BCUT2D eigenvalue weighted by Crippen LogP contribution is -2.67. The number of carbonyl (C=O) groups excluding carboxylic acids is 1. The molecule has 0 amide bonds. The Labute approximate surface area is 311 Å². The fourth-order valence-corrected chi connectivity index (χ4v) is 14.8. The summed E-state index contributed by atoms with van der Waals surface area (Å²) in [6.07, 6.45) is 11.1. The van der Waals surface area contributed by atoms with Crippen LogP contribution >= 0.6 is 0 Å². The van der Waals surface area contributed by atoms with Gasteiger partial charge in [-0.2, -0.15) is 0 Å². The minimum atomic E-state index is -0.839. The largest absolute Gasteiger partial charge is 0.481 e. The number of fused-ring (bicyclic) bond motifs is 7. The second kappa shape index (κ2) is 11.8. The van der Waals surface area contributed by atoms with E-state index in [0.717, 1.165) is 50.0 Å². The molecule has 1 heterocycles. The number of esters is 1. The number of hydrogen-bond donors (Lipinski definition) is 1. The first-order valence-corrected chi connectivity index (χ1v) is 20.4. The molecule has 6 aliphatic rings. The average molecular weight is 711 g/mol. The van der Waals surface area contributed by atoms with E-state index in [1.54, 1.807) is 0 Å². The van der Waals surface area contributed by atoms with E-state index in [1.807, 2.05) is 32.0 Å². The lowest BCUT2D eigenvalue weighted by Gasteiger charge is -2.72. The van der Waals surface area contributed by atoms with Gasteiger partial charge in [0, 0.05) is 17.4 Å². The Morgan fingerprint density at radius 2 is 1.58 bits per heavy atom. The van der Waals surface area contributed by atoms with E-state index < -0.39 is 5.97 Å². The molecule has 6 aliphatic carbocycles. The predicted octanol–water partition coefficient (Wildman–Crippen LogP) is 10.3. The van der Waals surface area contributed by atoms with Crippen molar-refractivity contribution in [1.82, 2.24) is 10.2 Å². The molecule has 1 aromatic carbocycles. The number of nitrogens with zero attached hydrogens (tertiary/aromatic N) is 2. The first-order chi connectivity index (χ1) is 24.4. The molecule has 0 unspecified atom stereocenters. The van der Waals surface area contributed by atoms with Gasteiger partial charge in [0.05, 0.1) is 11.3 Å². The van der Waals surface area contributed by atoms with Gasteiger partial charge in [0.1, 0.15) is 6.10 Å². The Morgan fingerprint density at radius 1 is 0.846 bits per heavy atom. The van der Waals surface area contributed by atoms with Crippen LogP contribution < -0.4 is 0 Å². The zero-order valence-electron chi connectivity index (χ0n) is 33.0. The number of rotatable bonds is 7. The molecule has 12 atom stereocenters. The first kappa shape index (κ1) is 36.0. The Morgan fingerprint density at radius 3 is 2.27 bits per heavy atom. The van der Waals surface area contributed by atoms with Crippen molar-refractivity contribution in [2.45, 2.75) is 138 Å². The molecular weight excluding hydrogens is 649 g/mol. The van der Waals surface area contributed by atoms with Gasteiger partial charge in [-0.25, -0.2) is 0 Å². The third kappa shape index (κ3) is 4.87. The average Bonchev–Trinajstić information content (AvgIpc) is 3.45. The number of carboxylic acid groups (broad SMARTS) is 1. The van der Waals surface area contributed by atoms with E-state index in [2.05, 4.69) is 65.4 Å². The van der Waals surface area contributed by atoms with Crippen molar-refractivity contribution in [2.24, 2.45) is 68.5 Å². The van der Waals surface area contributed by atoms with Gasteiger partial charge in [-0.3, -0.25) is 9.59 Å². The van der Waals surface area contributed by atoms with Crippen LogP contribution in [0.4, 0.5) is 0 Å². The van der Waals surface area contributed by atoms with Gasteiger partial charge in [-0.15, -0.1) is 10.2 Å². The number of hydrogen-bond acceptors (Lipinski definition) is 6. The summed E-state index contributed by atoms with van der Waals surface area (Å²) in [5, 5.41) is 18.9. The van der Waals surface area contributed by atoms with Gasteiger partial charge in [0.2, 0.25) is 11.8 Å².